The van der Waals surface area contributed by atoms with Gasteiger partial charge in [0, 0.05) is 11.6 Å². The predicted molar refractivity (Wildman–Crippen MR) is 77.2 cm³/mol. The van der Waals surface area contributed by atoms with E-state index >= 15 is 0 Å². The Bertz CT molecular complexity index is 572. The molecule has 1 atom stereocenters. The summed E-state index contributed by atoms with van der Waals surface area (Å²) in [6.07, 6.45) is 2.54. The fourth-order valence-corrected chi connectivity index (χ4v) is 2.82. The summed E-state index contributed by atoms with van der Waals surface area (Å²) >= 11 is 7.48. The molecule has 1 unspecified atom stereocenters. The van der Waals surface area contributed by atoms with Crippen LogP contribution in [0.1, 0.15) is 34.8 Å². The van der Waals surface area contributed by atoms with E-state index in [4.69, 9.17) is 11.6 Å². The average Bonchev–Trinajstić information content (AvgIpc) is 2.89. The highest BCUT2D eigenvalue weighted by molar-refractivity contribution is 7.09. The first-order chi connectivity index (χ1) is 9.13. The van der Waals surface area contributed by atoms with Gasteiger partial charge in [0.1, 0.15) is 10.6 Å². The molecule has 2 rings (SSSR count). The number of nitrogens with zero attached hydrogens (tertiary/aromatic N) is 1. The number of anilines is 1. The topological polar surface area (TPSA) is 62.2 Å². The molecule has 0 radical (unpaired) electrons. The van der Waals surface area contributed by atoms with Gasteiger partial charge in [0.25, 0.3) is 0 Å². The monoisotopic (exact) mass is 296 g/mol. The van der Waals surface area contributed by atoms with Crippen molar-refractivity contribution in [2.45, 2.75) is 19.4 Å². The fourth-order valence-electron chi connectivity index (χ4n) is 1.79. The summed E-state index contributed by atoms with van der Waals surface area (Å²) in [4.78, 5) is 15.5. The minimum atomic E-state index is -1.04. The van der Waals surface area contributed by atoms with E-state index < -0.39 is 5.97 Å². The Morgan fingerprint density at radius 1 is 1.58 bits per heavy atom. The number of carboxylic acid groups (broad SMARTS) is 1. The first-order valence-corrected chi connectivity index (χ1v) is 7.07. The standard InChI is InChI=1S/C13H13ClN2O2S/c1-2-9(12-15-6-7-19-12)16-10-5-3-4-8(14)11(10)13(17)18/h3-7,9,16H,2H2,1H3,(H,17,18). The van der Waals surface area contributed by atoms with Gasteiger partial charge >= 0.3 is 5.97 Å². The Balaban J connectivity index is 2.32. The molecule has 0 amide bonds. The van der Waals surface area contributed by atoms with Gasteiger partial charge in [0.15, 0.2) is 0 Å². The molecular formula is C13H13ClN2O2S. The molecule has 0 saturated carbocycles. The van der Waals surface area contributed by atoms with E-state index in [9.17, 15) is 9.90 Å². The van der Waals surface area contributed by atoms with Crippen molar-refractivity contribution in [1.82, 2.24) is 4.98 Å². The second kappa shape index (κ2) is 6.04. The molecule has 1 aromatic heterocycles. The van der Waals surface area contributed by atoms with E-state index in [1.165, 1.54) is 11.3 Å². The van der Waals surface area contributed by atoms with E-state index in [1.54, 1.807) is 24.4 Å². The zero-order valence-electron chi connectivity index (χ0n) is 10.3. The normalized spacial score (nSPS) is 12.1. The van der Waals surface area contributed by atoms with Crippen molar-refractivity contribution in [3.05, 3.63) is 45.4 Å². The maximum absolute atomic E-state index is 11.3. The van der Waals surface area contributed by atoms with Crippen molar-refractivity contribution < 1.29 is 9.90 Å². The number of rotatable bonds is 5. The number of hydrogen-bond donors (Lipinski definition) is 2. The molecule has 1 heterocycles. The van der Waals surface area contributed by atoms with Crippen LogP contribution in [0.25, 0.3) is 0 Å². The van der Waals surface area contributed by atoms with Gasteiger partial charge in [-0.05, 0) is 18.6 Å². The lowest BCUT2D eigenvalue weighted by molar-refractivity contribution is 0.0698. The Morgan fingerprint density at radius 2 is 2.37 bits per heavy atom. The SMILES string of the molecule is CCC(Nc1cccc(Cl)c1C(=O)O)c1nccs1. The molecule has 0 aliphatic rings. The molecule has 2 aromatic rings. The van der Waals surface area contributed by atoms with Crippen molar-refractivity contribution in [3.63, 3.8) is 0 Å². The number of carbonyl (C=O) groups is 1. The van der Waals surface area contributed by atoms with Crippen LogP contribution in [0.2, 0.25) is 5.02 Å². The van der Waals surface area contributed by atoms with Gasteiger partial charge in [-0.15, -0.1) is 11.3 Å². The van der Waals surface area contributed by atoms with Crippen LogP contribution in [0.5, 0.6) is 0 Å². The van der Waals surface area contributed by atoms with E-state index in [2.05, 4.69) is 10.3 Å². The molecule has 6 heteroatoms. The lowest BCUT2D eigenvalue weighted by atomic mass is 10.1. The first kappa shape index (κ1) is 13.8. The fraction of sp³-hybridized carbons (Fsp3) is 0.231. The number of aromatic carboxylic acids is 1. The van der Waals surface area contributed by atoms with Gasteiger partial charge in [-0.3, -0.25) is 0 Å². The van der Waals surface area contributed by atoms with Gasteiger partial charge in [-0.1, -0.05) is 24.6 Å². The third-order valence-electron chi connectivity index (χ3n) is 2.71. The van der Waals surface area contributed by atoms with Crippen LogP contribution in [0.3, 0.4) is 0 Å². The summed E-state index contributed by atoms with van der Waals surface area (Å²) in [5.41, 5.74) is 0.612. The highest BCUT2D eigenvalue weighted by Gasteiger charge is 2.18. The van der Waals surface area contributed by atoms with E-state index in [1.807, 2.05) is 12.3 Å². The average molecular weight is 297 g/mol. The molecule has 0 aliphatic heterocycles. The third kappa shape index (κ3) is 3.05. The van der Waals surface area contributed by atoms with Gasteiger partial charge in [0.05, 0.1) is 16.8 Å². The number of aromatic nitrogens is 1. The molecule has 0 bridgehead atoms. The maximum Gasteiger partial charge on any atom is 0.339 e. The van der Waals surface area contributed by atoms with E-state index in [0.29, 0.717) is 5.69 Å². The number of nitrogens with one attached hydrogen (secondary N) is 1. The van der Waals surface area contributed by atoms with Crippen LogP contribution in [0.4, 0.5) is 5.69 Å². The summed E-state index contributed by atoms with van der Waals surface area (Å²) in [5, 5.41) is 15.5. The summed E-state index contributed by atoms with van der Waals surface area (Å²) in [6, 6.07) is 4.99. The molecule has 100 valence electrons. The quantitative estimate of drug-likeness (QED) is 0.873. The van der Waals surface area contributed by atoms with Gasteiger partial charge in [0.2, 0.25) is 0 Å². The Kier molecular flexibility index (Phi) is 4.39. The lowest BCUT2D eigenvalue weighted by Gasteiger charge is -2.18. The zero-order valence-corrected chi connectivity index (χ0v) is 11.8. The molecule has 0 aliphatic carbocycles. The van der Waals surface area contributed by atoms with Gasteiger partial charge in [-0.2, -0.15) is 0 Å². The molecule has 1 aromatic carbocycles. The lowest BCUT2D eigenvalue weighted by Crippen LogP contribution is -2.13. The molecular weight excluding hydrogens is 284 g/mol. The highest BCUT2D eigenvalue weighted by Crippen LogP contribution is 2.29. The van der Waals surface area contributed by atoms with E-state index in [-0.39, 0.29) is 16.6 Å². The number of benzene rings is 1. The molecule has 2 N–H and O–H groups in total. The summed E-state index contributed by atoms with van der Waals surface area (Å²) in [7, 11) is 0. The molecule has 0 spiro atoms. The number of halogens is 1. The smallest absolute Gasteiger partial charge is 0.339 e. The largest absolute Gasteiger partial charge is 0.478 e. The van der Waals surface area contributed by atoms with Gasteiger partial charge in [-0.25, -0.2) is 9.78 Å². The third-order valence-corrected chi connectivity index (χ3v) is 3.92. The van der Waals surface area contributed by atoms with Crippen LogP contribution < -0.4 is 5.32 Å². The minimum absolute atomic E-state index is 0.0171. The highest BCUT2D eigenvalue weighted by atomic mass is 35.5. The van der Waals surface area contributed by atoms with Crippen LogP contribution in [-0.4, -0.2) is 16.1 Å². The number of thiazole rings is 1. The van der Waals surface area contributed by atoms with Crippen molar-refractivity contribution >= 4 is 34.6 Å². The molecule has 0 saturated heterocycles. The first-order valence-electron chi connectivity index (χ1n) is 5.81. The van der Waals surface area contributed by atoms with Crippen LogP contribution in [0.15, 0.2) is 29.8 Å². The summed E-state index contributed by atoms with van der Waals surface area (Å²) in [6.45, 7) is 2.02. The van der Waals surface area contributed by atoms with Crippen molar-refractivity contribution in [3.8, 4) is 0 Å². The minimum Gasteiger partial charge on any atom is -0.478 e. The van der Waals surface area contributed by atoms with E-state index in [0.717, 1.165) is 11.4 Å². The maximum atomic E-state index is 11.3. The summed E-state index contributed by atoms with van der Waals surface area (Å²) < 4.78 is 0. The van der Waals surface area contributed by atoms with Crippen LogP contribution in [0, 0.1) is 0 Å². The van der Waals surface area contributed by atoms with Crippen molar-refractivity contribution in [1.29, 1.82) is 0 Å². The molecule has 0 fully saturated rings. The predicted octanol–water partition coefficient (Wildman–Crippen LogP) is 4.06. The Hall–Kier alpha value is -1.59. The zero-order chi connectivity index (χ0) is 13.8. The van der Waals surface area contributed by atoms with Crippen LogP contribution in [-0.2, 0) is 0 Å². The second-order valence-corrected chi connectivity index (χ2v) is 5.28. The van der Waals surface area contributed by atoms with Crippen LogP contribution >= 0.6 is 22.9 Å². The summed E-state index contributed by atoms with van der Waals surface area (Å²) in [5.74, 6) is -1.04. The number of carboxylic acids is 1. The number of hydrogen-bond acceptors (Lipinski definition) is 4. The Labute approximate surface area is 120 Å². The Morgan fingerprint density at radius 3 is 2.95 bits per heavy atom. The molecule has 4 nitrogen and oxygen atoms in total. The van der Waals surface area contributed by atoms with Crippen molar-refractivity contribution in [2.24, 2.45) is 0 Å². The molecule has 19 heavy (non-hydrogen) atoms. The van der Waals surface area contributed by atoms with Crippen molar-refractivity contribution in [2.75, 3.05) is 5.32 Å². The second-order valence-electron chi connectivity index (χ2n) is 3.94. The van der Waals surface area contributed by atoms with Gasteiger partial charge < -0.3 is 10.4 Å².